The highest BCUT2D eigenvalue weighted by Crippen LogP contribution is 2.19. The molecule has 1 amide bonds. The maximum absolute atomic E-state index is 12.1. The second kappa shape index (κ2) is 10.7. The zero-order chi connectivity index (χ0) is 19.6. The molecule has 3 rings (SSSR count). The van der Waals surface area contributed by atoms with Gasteiger partial charge in [-0.25, -0.2) is 0 Å². The first-order valence-corrected chi connectivity index (χ1v) is 10.0. The Bertz CT molecular complexity index is 721. The molecule has 150 valence electrons. The summed E-state index contributed by atoms with van der Waals surface area (Å²) in [5.74, 6) is 1.67. The Labute approximate surface area is 167 Å². The van der Waals surface area contributed by atoms with Crippen molar-refractivity contribution >= 4 is 11.6 Å². The first-order valence-electron chi connectivity index (χ1n) is 10.0. The fourth-order valence-corrected chi connectivity index (χ4v) is 3.23. The number of rotatable bonds is 9. The van der Waals surface area contributed by atoms with Gasteiger partial charge in [0.25, 0.3) is 0 Å². The summed E-state index contributed by atoms with van der Waals surface area (Å²) >= 11 is 0. The van der Waals surface area contributed by atoms with Gasteiger partial charge in [0.05, 0.1) is 13.2 Å². The summed E-state index contributed by atoms with van der Waals surface area (Å²) in [4.78, 5) is 12.1. The zero-order valence-corrected chi connectivity index (χ0v) is 16.5. The molecule has 1 fully saturated rings. The average Bonchev–Trinajstić information content (AvgIpc) is 2.74. The van der Waals surface area contributed by atoms with E-state index in [2.05, 4.69) is 5.32 Å². The van der Waals surface area contributed by atoms with Gasteiger partial charge in [-0.05, 0) is 74.1 Å². The molecule has 1 aliphatic rings. The first-order chi connectivity index (χ1) is 13.7. The van der Waals surface area contributed by atoms with Crippen molar-refractivity contribution in [3.63, 3.8) is 0 Å². The lowest BCUT2D eigenvalue weighted by atomic mass is 10.1. The minimum absolute atomic E-state index is 0.0257. The Morgan fingerprint density at radius 3 is 2.50 bits per heavy atom. The highest BCUT2D eigenvalue weighted by atomic mass is 16.5. The second-order valence-corrected chi connectivity index (χ2v) is 7.07. The van der Waals surface area contributed by atoms with Crippen molar-refractivity contribution in [2.45, 2.75) is 44.6 Å². The van der Waals surface area contributed by atoms with Crippen LogP contribution in [0.1, 0.15) is 37.7 Å². The number of carbonyl (C=O) groups is 1. The third-order valence-electron chi connectivity index (χ3n) is 4.88. The van der Waals surface area contributed by atoms with Gasteiger partial charge in [0, 0.05) is 18.7 Å². The number of hydrogen-bond donors (Lipinski definition) is 1. The van der Waals surface area contributed by atoms with Gasteiger partial charge < -0.3 is 19.5 Å². The fraction of sp³-hybridized carbons (Fsp3) is 0.435. The van der Waals surface area contributed by atoms with Crippen LogP contribution in [0.2, 0.25) is 0 Å². The molecule has 5 heteroatoms. The Morgan fingerprint density at radius 2 is 1.82 bits per heavy atom. The summed E-state index contributed by atoms with van der Waals surface area (Å²) in [7, 11) is 1.66. The summed E-state index contributed by atoms with van der Waals surface area (Å²) in [5, 5.41) is 2.94. The predicted molar refractivity (Wildman–Crippen MR) is 110 cm³/mol. The van der Waals surface area contributed by atoms with Crippen molar-refractivity contribution in [2.24, 2.45) is 0 Å². The first kappa shape index (κ1) is 20.2. The third kappa shape index (κ3) is 6.57. The van der Waals surface area contributed by atoms with Crippen LogP contribution in [0.3, 0.4) is 0 Å². The van der Waals surface area contributed by atoms with E-state index in [1.54, 1.807) is 7.11 Å². The minimum Gasteiger partial charge on any atom is -0.497 e. The molecule has 1 saturated heterocycles. The van der Waals surface area contributed by atoms with Crippen LogP contribution in [0.5, 0.6) is 11.5 Å². The summed E-state index contributed by atoms with van der Waals surface area (Å²) in [6.45, 7) is 1.41. The molecule has 0 radical (unpaired) electrons. The summed E-state index contributed by atoms with van der Waals surface area (Å²) in [6.07, 6.45) is 5.77. The van der Waals surface area contributed by atoms with Crippen LogP contribution >= 0.6 is 0 Å². The molecule has 0 spiro atoms. The molecule has 1 unspecified atom stereocenters. The Kier molecular flexibility index (Phi) is 7.73. The largest absolute Gasteiger partial charge is 0.497 e. The molecule has 5 nitrogen and oxygen atoms in total. The summed E-state index contributed by atoms with van der Waals surface area (Å²) in [5.41, 5.74) is 1.99. The minimum atomic E-state index is 0.0257. The number of ether oxygens (including phenoxy) is 3. The molecule has 1 N–H and O–H groups in total. The van der Waals surface area contributed by atoms with E-state index in [1.165, 1.54) is 12.0 Å². The molecule has 0 bridgehead atoms. The third-order valence-corrected chi connectivity index (χ3v) is 4.88. The van der Waals surface area contributed by atoms with Gasteiger partial charge in [-0.1, -0.05) is 12.1 Å². The van der Waals surface area contributed by atoms with Crippen LogP contribution in [-0.2, 0) is 16.0 Å². The summed E-state index contributed by atoms with van der Waals surface area (Å²) in [6, 6.07) is 15.5. The molecule has 0 aromatic heterocycles. The molecular formula is C23H29NO4. The maximum Gasteiger partial charge on any atom is 0.224 e. The van der Waals surface area contributed by atoms with Crippen molar-refractivity contribution in [3.05, 3.63) is 54.1 Å². The van der Waals surface area contributed by atoms with E-state index >= 15 is 0 Å². The van der Waals surface area contributed by atoms with Gasteiger partial charge in [0.15, 0.2) is 0 Å². The predicted octanol–water partition coefficient (Wildman–Crippen LogP) is 4.60. The maximum atomic E-state index is 12.1. The van der Waals surface area contributed by atoms with Crippen molar-refractivity contribution in [3.8, 4) is 11.5 Å². The van der Waals surface area contributed by atoms with Crippen molar-refractivity contribution in [1.82, 2.24) is 0 Å². The smallest absolute Gasteiger partial charge is 0.224 e. The highest BCUT2D eigenvalue weighted by molar-refractivity contribution is 5.90. The molecule has 28 heavy (non-hydrogen) atoms. The van der Waals surface area contributed by atoms with E-state index in [4.69, 9.17) is 14.2 Å². The monoisotopic (exact) mass is 383 g/mol. The average molecular weight is 383 g/mol. The number of nitrogens with one attached hydrogen (secondary N) is 1. The number of amides is 1. The van der Waals surface area contributed by atoms with E-state index in [0.29, 0.717) is 13.0 Å². The lowest BCUT2D eigenvalue weighted by Gasteiger charge is -2.22. The Hall–Kier alpha value is -2.53. The quantitative estimate of drug-likeness (QED) is 0.687. The van der Waals surface area contributed by atoms with Crippen molar-refractivity contribution < 1.29 is 19.0 Å². The zero-order valence-electron chi connectivity index (χ0n) is 16.5. The molecule has 2 aromatic rings. The number of anilines is 1. The number of aryl methyl sites for hydroxylation is 1. The Morgan fingerprint density at radius 1 is 1.07 bits per heavy atom. The van der Waals surface area contributed by atoms with Crippen LogP contribution in [0.4, 0.5) is 5.69 Å². The standard InChI is InChI=1S/C23H29NO4/c1-26-20-12-8-18(9-13-20)5-4-7-23(25)24-19-10-14-21(15-11-19)28-17-22-6-2-3-16-27-22/h8-15,22H,2-7,16-17H2,1H3,(H,24,25). The van der Waals surface area contributed by atoms with Crippen LogP contribution in [-0.4, -0.2) is 32.3 Å². The van der Waals surface area contributed by atoms with Crippen molar-refractivity contribution in [1.29, 1.82) is 0 Å². The number of hydrogen-bond acceptors (Lipinski definition) is 4. The number of benzene rings is 2. The topological polar surface area (TPSA) is 56.8 Å². The van der Waals surface area contributed by atoms with Crippen LogP contribution in [0, 0.1) is 0 Å². The van der Waals surface area contributed by atoms with Crippen LogP contribution < -0.4 is 14.8 Å². The van der Waals surface area contributed by atoms with E-state index < -0.39 is 0 Å². The molecular weight excluding hydrogens is 354 g/mol. The van der Waals surface area contributed by atoms with Gasteiger partial charge in [-0.3, -0.25) is 4.79 Å². The number of carbonyl (C=O) groups excluding carboxylic acids is 1. The molecule has 0 saturated carbocycles. The van der Waals surface area contributed by atoms with E-state index in [1.807, 2.05) is 48.5 Å². The molecule has 0 aliphatic carbocycles. The summed E-state index contributed by atoms with van der Waals surface area (Å²) < 4.78 is 16.6. The molecule has 1 aliphatic heterocycles. The molecule has 1 atom stereocenters. The van der Waals surface area contributed by atoms with E-state index in [9.17, 15) is 4.79 Å². The van der Waals surface area contributed by atoms with Gasteiger partial charge in [-0.15, -0.1) is 0 Å². The van der Waals surface area contributed by atoms with E-state index in [-0.39, 0.29) is 12.0 Å². The second-order valence-electron chi connectivity index (χ2n) is 7.07. The van der Waals surface area contributed by atoms with Crippen LogP contribution in [0.25, 0.3) is 0 Å². The lowest BCUT2D eigenvalue weighted by molar-refractivity contribution is -0.116. The molecule has 2 aromatic carbocycles. The van der Waals surface area contributed by atoms with Gasteiger partial charge in [0.1, 0.15) is 18.1 Å². The van der Waals surface area contributed by atoms with Gasteiger partial charge in [0.2, 0.25) is 5.91 Å². The molecule has 1 heterocycles. The lowest BCUT2D eigenvalue weighted by Crippen LogP contribution is -2.25. The van der Waals surface area contributed by atoms with Gasteiger partial charge in [-0.2, -0.15) is 0 Å². The van der Waals surface area contributed by atoms with E-state index in [0.717, 1.165) is 49.5 Å². The Balaban J connectivity index is 1.36. The highest BCUT2D eigenvalue weighted by Gasteiger charge is 2.14. The fourth-order valence-electron chi connectivity index (χ4n) is 3.23. The SMILES string of the molecule is COc1ccc(CCCC(=O)Nc2ccc(OCC3CCCCO3)cc2)cc1. The normalized spacial score (nSPS) is 16.4. The van der Waals surface area contributed by atoms with Gasteiger partial charge >= 0.3 is 0 Å². The van der Waals surface area contributed by atoms with Crippen molar-refractivity contribution in [2.75, 3.05) is 25.6 Å². The van der Waals surface area contributed by atoms with Crippen LogP contribution in [0.15, 0.2) is 48.5 Å². The number of methoxy groups -OCH3 is 1.